The second kappa shape index (κ2) is 10.3. The molecule has 0 amide bonds. The van der Waals surface area contributed by atoms with E-state index in [1.165, 1.54) is 6.08 Å². The molecule has 0 radical (unpaired) electrons. The van der Waals surface area contributed by atoms with E-state index in [1.807, 2.05) is 36.4 Å². The van der Waals surface area contributed by atoms with Gasteiger partial charge in [0.15, 0.2) is 17.8 Å². The summed E-state index contributed by atoms with van der Waals surface area (Å²) in [5.41, 5.74) is 4.07. The van der Waals surface area contributed by atoms with Crippen molar-refractivity contribution >= 4 is 12.0 Å². The minimum Gasteiger partial charge on any atom is -0.493 e. The van der Waals surface area contributed by atoms with Crippen molar-refractivity contribution < 1.29 is 28.5 Å². The zero-order chi connectivity index (χ0) is 24.2. The van der Waals surface area contributed by atoms with Gasteiger partial charge in [-0.25, -0.2) is 4.79 Å². The Morgan fingerprint density at radius 1 is 0.857 bits per heavy atom. The number of rotatable bonds is 7. The fraction of sp³-hybridized carbons (Fsp3) is 0.276. The number of esters is 1. The van der Waals surface area contributed by atoms with Crippen LogP contribution in [-0.2, 0) is 19.0 Å². The third kappa shape index (κ3) is 5.09. The molecule has 2 aliphatic rings. The maximum absolute atomic E-state index is 12.5. The van der Waals surface area contributed by atoms with Crippen molar-refractivity contribution in [3.05, 3.63) is 90.0 Å². The molecule has 0 N–H and O–H groups in total. The fourth-order valence-corrected chi connectivity index (χ4v) is 4.61. The van der Waals surface area contributed by atoms with Crippen molar-refractivity contribution in [3.63, 3.8) is 0 Å². The normalized spacial score (nSPS) is 23.3. The van der Waals surface area contributed by atoms with Crippen molar-refractivity contribution in [3.8, 4) is 22.6 Å². The summed E-state index contributed by atoms with van der Waals surface area (Å²) < 4.78 is 28.6. The molecule has 0 aromatic heterocycles. The summed E-state index contributed by atoms with van der Waals surface area (Å²) in [6.45, 7) is 0. The van der Waals surface area contributed by atoms with Crippen LogP contribution in [0.1, 0.15) is 30.3 Å². The number of benzene rings is 3. The molecule has 4 atom stereocenters. The van der Waals surface area contributed by atoms with Gasteiger partial charge in [-0.05, 0) is 47.7 Å². The number of fused-ring (bicyclic) bond motifs is 1. The van der Waals surface area contributed by atoms with Crippen molar-refractivity contribution in [2.75, 3.05) is 14.2 Å². The zero-order valence-corrected chi connectivity index (χ0v) is 19.8. The molecule has 3 aromatic carbocycles. The number of carbonyl (C=O) groups is 1. The van der Waals surface area contributed by atoms with Gasteiger partial charge >= 0.3 is 5.97 Å². The summed E-state index contributed by atoms with van der Waals surface area (Å²) in [7, 11) is 3.16. The van der Waals surface area contributed by atoms with E-state index < -0.39 is 12.3 Å². The summed E-state index contributed by atoms with van der Waals surface area (Å²) in [5.74, 6) is 0.817. The fourth-order valence-electron chi connectivity index (χ4n) is 4.61. The summed E-state index contributed by atoms with van der Waals surface area (Å²) >= 11 is 0. The van der Waals surface area contributed by atoms with Gasteiger partial charge in [0.05, 0.1) is 20.3 Å². The van der Waals surface area contributed by atoms with E-state index in [0.29, 0.717) is 17.9 Å². The molecule has 0 unspecified atom stereocenters. The van der Waals surface area contributed by atoms with Crippen LogP contribution in [0.3, 0.4) is 0 Å². The molecule has 2 fully saturated rings. The lowest BCUT2D eigenvalue weighted by Crippen LogP contribution is -2.30. The molecule has 1 aliphatic carbocycles. The Balaban J connectivity index is 1.19. The SMILES string of the molecule is COc1ccc(/C=C/C(=O)O[C@H]2CC[C@@H]3O[C@H](c4ccc(-c5ccccc5)cc4)O[C@H]23)cc1OC. The first-order chi connectivity index (χ1) is 17.1. The lowest BCUT2D eigenvalue weighted by Gasteiger charge is -2.18. The molecule has 1 heterocycles. The topological polar surface area (TPSA) is 63.2 Å². The van der Waals surface area contributed by atoms with Gasteiger partial charge < -0.3 is 23.7 Å². The zero-order valence-electron chi connectivity index (χ0n) is 19.8. The minimum atomic E-state index is -0.460. The minimum absolute atomic E-state index is 0.0820. The average molecular weight is 473 g/mol. The quantitative estimate of drug-likeness (QED) is 0.331. The Morgan fingerprint density at radius 2 is 1.60 bits per heavy atom. The molecule has 5 rings (SSSR count). The maximum atomic E-state index is 12.5. The van der Waals surface area contributed by atoms with Gasteiger partial charge in [-0.3, -0.25) is 0 Å². The molecular weight excluding hydrogens is 444 g/mol. The molecule has 6 heteroatoms. The Kier molecular flexibility index (Phi) is 6.84. The van der Waals surface area contributed by atoms with E-state index in [2.05, 4.69) is 24.3 Å². The van der Waals surface area contributed by atoms with Crippen LogP contribution in [0.4, 0.5) is 0 Å². The van der Waals surface area contributed by atoms with Crippen molar-refractivity contribution in [1.82, 2.24) is 0 Å². The van der Waals surface area contributed by atoms with Gasteiger partial charge in [0.1, 0.15) is 12.2 Å². The van der Waals surface area contributed by atoms with Crippen molar-refractivity contribution in [2.24, 2.45) is 0 Å². The van der Waals surface area contributed by atoms with Crippen LogP contribution in [0, 0.1) is 0 Å². The summed E-state index contributed by atoms with van der Waals surface area (Å²) in [6.07, 6.45) is 3.47. The second-order valence-corrected chi connectivity index (χ2v) is 8.60. The maximum Gasteiger partial charge on any atom is 0.331 e. The van der Waals surface area contributed by atoms with Crippen molar-refractivity contribution in [1.29, 1.82) is 0 Å². The third-order valence-electron chi connectivity index (χ3n) is 6.42. The van der Waals surface area contributed by atoms with Crippen LogP contribution >= 0.6 is 0 Å². The highest BCUT2D eigenvalue weighted by Crippen LogP contribution is 2.41. The molecule has 35 heavy (non-hydrogen) atoms. The van der Waals surface area contributed by atoms with E-state index in [9.17, 15) is 4.79 Å². The van der Waals surface area contributed by atoms with Gasteiger partial charge in [-0.1, -0.05) is 60.7 Å². The molecule has 1 saturated heterocycles. The van der Waals surface area contributed by atoms with Crippen LogP contribution in [0.15, 0.2) is 78.9 Å². The highest BCUT2D eigenvalue weighted by Gasteiger charge is 2.47. The molecule has 180 valence electrons. The number of ether oxygens (including phenoxy) is 5. The number of hydrogen-bond acceptors (Lipinski definition) is 6. The lowest BCUT2D eigenvalue weighted by molar-refractivity contribution is -0.151. The predicted octanol–water partition coefficient (Wildman–Crippen LogP) is 5.57. The third-order valence-corrected chi connectivity index (χ3v) is 6.42. The van der Waals surface area contributed by atoms with Gasteiger partial charge in [0, 0.05) is 11.6 Å². The van der Waals surface area contributed by atoms with E-state index in [-0.39, 0.29) is 18.3 Å². The monoisotopic (exact) mass is 472 g/mol. The Labute approximate surface area is 205 Å². The van der Waals surface area contributed by atoms with Crippen LogP contribution in [0.25, 0.3) is 17.2 Å². The Bertz CT molecular complexity index is 1190. The summed E-state index contributed by atoms with van der Waals surface area (Å²) in [6, 6.07) is 23.9. The number of methoxy groups -OCH3 is 2. The van der Waals surface area contributed by atoms with Gasteiger partial charge in [0.25, 0.3) is 0 Å². The molecule has 0 bridgehead atoms. The standard InChI is InChI=1S/C29H28O6/c1-31-23-14-8-19(18-26(23)32-2)9-17-27(30)33-24-15-16-25-28(24)35-29(34-25)22-12-10-21(11-13-22)20-6-4-3-5-7-20/h3-14,17-18,24-25,28-29H,15-16H2,1-2H3/b17-9+/t24-,25-,28+,29-/m0/s1. The molecule has 1 aliphatic heterocycles. The van der Waals surface area contributed by atoms with E-state index >= 15 is 0 Å². The number of carbonyl (C=O) groups excluding carboxylic acids is 1. The largest absolute Gasteiger partial charge is 0.493 e. The molecular formula is C29H28O6. The smallest absolute Gasteiger partial charge is 0.331 e. The summed E-state index contributed by atoms with van der Waals surface area (Å²) in [5, 5.41) is 0. The first-order valence-corrected chi connectivity index (χ1v) is 11.7. The predicted molar refractivity (Wildman–Crippen MR) is 132 cm³/mol. The first-order valence-electron chi connectivity index (χ1n) is 11.7. The highest BCUT2D eigenvalue weighted by atomic mass is 16.7. The van der Waals surface area contributed by atoms with Gasteiger partial charge in [-0.2, -0.15) is 0 Å². The number of hydrogen-bond donors (Lipinski definition) is 0. The van der Waals surface area contributed by atoms with Crippen LogP contribution < -0.4 is 9.47 Å². The Morgan fingerprint density at radius 3 is 2.34 bits per heavy atom. The highest BCUT2D eigenvalue weighted by molar-refractivity contribution is 5.87. The van der Waals surface area contributed by atoms with Gasteiger partial charge in [0.2, 0.25) is 0 Å². The molecule has 3 aromatic rings. The summed E-state index contributed by atoms with van der Waals surface area (Å²) in [4.78, 5) is 12.5. The van der Waals surface area contributed by atoms with E-state index in [0.717, 1.165) is 28.7 Å². The van der Waals surface area contributed by atoms with E-state index in [4.69, 9.17) is 23.7 Å². The van der Waals surface area contributed by atoms with Crippen LogP contribution in [0.5, 0.6) is 11.5 Å². The molecule has 1 saturated carbocycles. The van der Waals surface area contributed by atoms with Crippen LogP contribution in [0.2, 0.25) is 0 Å². The van der Waals surface area contributed by atoms with Gasteiger partial charge in [-0.15, -0.1) is 0 Å². The van der Waals surface area contributed by atoms with Crippen molar-refractivity contribution in [2.45, 2.75) is 37.4 Å². The molecule has 6 nitrogen and oxygen atoms in total. The molecule has 0 spiro atoms. The Hall–Kier alpha value is -3.61. The lowest BCUT2D eigenvalue weighted by atomic mass is 10.0. The van der Waals surface area contributed by atoms with E-state index in [1.54, 1.807) is 32.4 Å². The second-order valence-electron chi connectivity index (χ2n) is 8.60. The average Bonchev–Trinajstić information content (AvgIpc) is 3.50. The first kappa shape index (κ1) is 23.1. The van der Waals surface area contributed by atoms with Crippen LogP contribution in [-0.4, -0.2) is 38.5 Å².